The Morgan fingerprint density at radius 2 is 1.78 bits per heavy atom. The number of hydrogen-bond donors (Lipinski definition) is 1. The fourth-order valence-electron chi connectivity index (χ4n) is 4.62. The summed E-state index contributed by atoms with van der Waals surface area (Å²) in [4.78, 5) is 3.96. The number of nitriles is 1. The SMILES string of the molecule is N#Cc1ccc(N2CCC(O)(CCOc3ccc(CN4CCOCC4)cc3F)CC2)cc1C(F)(F)F. The molecule has 0 aliphatic carbocycles. The maximum Gasteiger partial charge on any atom is 0.417 e. The molecular formula is C26H29F4N3O3. The maximum atomic E-state index is 14.5. The molecule has 0 aromatic heterocycles. The molecule has 2 aromatic rings. The highest BCUT2D eigenvalue weighted by molar-refractivity contribution is 5.55. The average Bonchev–Trinajstić information content (AvgIpc) is 2.85. The summed E-state index contributed by atoms with van der Waals surface area (Å²) >= 11 is 0. The predicted octanol–water partition coefficient (Wildman–Crippen LogP) is 4.35. The van der Waals surface area contributed by atoms with Gasteiger partial charge in [-0.1, -0.05) is 6.07 Å². The highest BCUT2D eigenvalue weighted by atomic mass is 19.4. The van der Waals surface area contributed by atoms with Crippen LogP contribution in [0.15, 0.2) is 36.4 Å². The zero-order valence-corrected chi connectivity index (χ0v) is 19.9. The second-order valence-corrected chi connectivity index (χ2v) is 9.30. The summed E-state index contributed by atoms with van der Waals surface area (Å²) in [5.41, 5.74) is -1.22. The molecule has 0 spiro atoms. The zero-order valence-electron chi connectivity index (χ0n) is 19.9. The molecule has 36 heavy (non-hydrogen) atoms. The first kappa shape index (κ1) is 26.2. The Labute approximate surface area is 207 Å². The van der Waals surface area contributed by atoms with Gasteiger partial charge in [0.1, 0.15) is 0 Å². The number of aliphatic hydroxyl groups is 1. The third kappa shape index (κ3) is 6.46. The number of anilines is 1. The Balaban J connectivity index is 1.28. The van der Waals surface area contributed by atoms with E-state index in [1.807, 2.05) is 6.07 Å². The molecule has 10 heteroatoms. The van der Waals surface area contributed by atoms with Crippen LogP contribution >= 0.6 is 0 Å². The number of benzene rings is 2. The van der Waals surface area contributed by atoms with Gasteiger partial charge in [-0.3, -0.25) is 4.90 Å². The summed E-state index contributed by atoms with van der Waals surface area (Å²) in [7, 11) is 0. The van der Waals surface area contributed by atoms with E-state index in [2.05, 4.69) is 4.90 Å². The number of piperidine rings is 1. The first-order valence-corrected chi connectivity index (χ1v) is 12.0. The van der Waals surface area contributed by atoms with Crippen LogP contribution in [0, 0.1) is 17.1 Å². The van der Waals surface area contributed by atoms with Crippen LogP contribution in [0.1, 0.15) is 36.0 Å². The minimum absolute atomic E-state index is 0.116. The first-order chi connectivity index (χ1) is 17.2. The summed E-state index contributed by atoms with van der Waals surface area (Å²) in [6.07, 6.45) is -3.68. The third-order valence-corrected chi connectivity index (χ3v) is 6.82. The minimum atomic E-state index is -4.62. The van der Waals surface area contributed by atoms with Crippen molar-refractivity contribution in [3.8, 4) is 11.8 Å². The van der Waals surface area contributed by atoms with E-state index in [4.69, 9.17) is 14.7 Å². The number of hydrogen-bond acceptors (Lipinski definition) is 6. The van der Waals surface area contributed by atoms with Crippen molar-refractivity contribution in [2.24, 2.45) is 0 Å². The quantitative estimate of drug-likeness (QED) is 0.562. The molecule has 0 amide bonds. The Kier molecular flexibility index (Phi) is 8.03. The molecule has 4 rings (SSSR count). The Morgan fingerprint density at radius 1 is 1.06 bits per heavy atom. The molecule has 0 atom stereocenters. The van der Waals surface area contributed by atoms with Gasteiger partial charge in [0.15, 0.2) is 11.6 Å². The zero-order chi connectivity index (χ0) is 25.8. The van der Waals surface area contributed by atoms with Gasteiger partial charge in [0.25, 0.3) is 0 Å². The Morgan fingerprint density at radius 3 is 2.42 bits per heavy atom. The van der Waals surface area contributed by atoms with Gasteiger partial charge in [-0.25, -0.2) is 4.39 Å². The lowest BCUT2D eigenvalue weighted by Gasteiger charge is -2.39. The lowest BCUT2D eigenvalue weighted by molar-refractivity contribution is -0.137. The summed E-state index contributed by atoms with van der Waals surface area (Å²) in [6, 6.07) is 10.1. The van der Waals surface area contributed by atoms with Crippen molar-refractivity contribution in [1.29, 1.82) is 5.26 Å². The van der Waals surface area contributed by atoms with Gasteiger partial charge in [-0.15, -0.1) is 0 Å². The van der Waals surface area contributed by atoms with E-state index in [1.54, 1.807) is 17.0 Å². The number of ether oxygens (including phenoxy) is 2. The third-order valence-electron chi connectivity index (χ3n) is 6.82. The van der Waals surface area contributed by atoms with Gasteiger partial charge in [0, 0.05) is 44.8 Å². The van der Waals surface area contributed by atoms with Gasteiger partial charge in [-0.2, -0.15) is 18.4 Å². The number of morpholine rings is 1. The van der Waals surface area contributed by atoms with Crippen LogP contribution in [-0.2, 0) is 17.5 Å². The molecule has 6 nitrogen and oxygen atoms in total. The fourth-order valence-corrected chi connectivity index (χ4v) is 4.62. The molecule has 2 aromatic carbocycles. The van der Waals surface area contributed by atoms with Crippen LogP contribution in [0.4, 0.5) is 23.2 Å². The monoisotopic (exact) mass is 507 g/mol. The lowest BCUT2D eigenvalue weighted by atomic mass is 9.88. The van der Waals surface area contributed by atoms with Crippen molar-refractivity contribution in [3.05, 3.63) is 58.9 Å². The van der Waals surface area contributed by atoms with Crippen molar-refractivity contribution in [2.75, 3.05) is 50.9 Å². The largest absolute Gasteiger partial charge is 0.490 e. The number of nitrogens with zero attached hydrogens (tertiary/aromatic N) is 3. The number of halogens is 4. The van der Waals surface area contributed by atoms with E-state index >= 15 is 0 Å². The van der Waals surface area contributed by atoms with Crippen LogP contribution in [0.25, 0.3) is 0 Å². The van der Waals surface area contributed by atoms with Gasteiger partial charge < -0.3 is 19.5 Å². The van der Waals surface area contributed by atoms with Crippen LogP contribution in [0.5, 0.6) is 5.75 Å². The van der Waals surface area contributed by atoms with Crippen molar-refractivity contribution in [1.82, 2.24) is 4.90 Å². The summed E-state index contributed by atoms with van der Waals surface area (Å²) in [5.74, 6) is -0.331. The van der Waals surface area contributed by atoms with Crippen molar-refractivity contribution in [2.45, 2.75) is 37.6 Å². The molecule has 2 heterocycles. The van der Waals surface area contributed by atoms with Crippen LogP contribution in [-0.4, -0.2) is 61.6 Å². The molecule has 2 aliphatic rings. The summed E-state index contributed by atoms with van der Waals surface area (Å²) in [6.45, 7) is 4.42. The molecule has 0 radical (unpaired) electrons. The van der Waals surface area contributed by atoms with E-state index in [-0.39, 0.29) is 18.8 Å². The maximum absolute atomic E-state index is 14.5. The number of rotatable bonds is 7. The second kappa shape index (κ2) is 11.0. The molecule has 2 saturated heterocycles. The predicted molar refractivity (Wildman–Crippen MR) is 125 cm³/mol. The van der Waals surface area contributed by atoms with Crippen LogP contribution in [0.2, 0.25) is 0 Å². The van der Waals surface area contributed by atoms with Crippen LogP contribution in [0.3, 0.4) is 0 Å². The van der Waals surface area contributed by atoms with E-state index < -0.39 is 28.7 Å². The topological polar surface area (TPSA) is 69.0 Å². The molecule has 0 bridgehead atoms. The van der Waals surface area contributed by atoms with E-state index in [1.165, 1.54) is 18.2 Å². The summed E-state index contributed by atoms with van der Waals surface area (Å²) < 4.78 is 65.3. The molecule has 194 valence electrons. The van der Waals surface area contributed by atoms with Gasteiger partial charge in [0.05, 0.1) is 42.6 Å². The van der Waals surface area contributed by atoms with E-state index in [0.29, 0.717) is 51.4 Å². The molecule has 0 saturated carbocycles. The Bertz CT molecular complexity index is 1090. The van der Waals surface area contributed by atoms with Gasteiger partial charge in [0.2, 0.25) is 0 Å². The second-order valence-electron chi connectivity index (χ2n) is 9.30. The number of alkyl halides is 3. The van der Waals surface area contributed by atoms with Gasteiger partial charge >= 0.3 is 6.18 Å². The minimum Gasteiger partial charge on any atom is -0.490 e. The molecule has 0 unspecified atom stereocenters. The van der Waals surface area contributed by atoms with Crippen molar-refractivity contribution >= 4 is 5.69 Å². The molecular weight excluding hydrogens is 478 g/mol. The normalized spacial score (nSPS) is 18.6. The van der Waals surface area contributed by atoms with Crippen LogP contribution < -0.4 is 9.64 Å². The molecule has 1 N–H and O–H groups in total. The highest BCUT2D eigenvalue weighted by Crippen LogP contribution is 2.36. The van der Waals surface area contributed by atoms with Crippen molar-refractivity contribution < 1.29 is 32.1 Å². The summed E-state index contributed by atoms with van der Waals surface area (Å²) in [5, 5.41) is 19.9. The Hall–Kier alpha value is -2.87. The molecule has 2 fully saturated rings. The highest BCUT2D eigenvalue weighted by Gasteiger charge is 2.36. The smallest absolute Gasteiger partial charge is 0.417 e. The van der Waals surface area contributed by atoms with Crippen molar-refractivity contribution in [3.63, 3.8) is 0 Å². The lowest BCUT2D eigenvalue weighted by Crippen LogP contribution is -2.45. The van der Waals surface area contributed by atoms with Gasteiger partial charge in [-0.05, 0) is 48.7 Å². The van der Waals surface area contributed by atoms with E-state index in [9.17, 15) is 22.7 Å². The fraction of sp³-hybridized carbons (Fsp3) is 0.500. The average molecular weight is 508 g/mol. The standard InChI is InChI=1S/C26H29F4N3O3/c27-23-15-19(18-32-10-13-35-14-11-32)1-4-24(23)36-12-7-25(34)5-8-33(9-6-25)21-3-2-20(17-31)22(16-21)26(28,29)30/h1-4,15-16,34H,5-14,18H2. The molecule has 2 aliphatic heterocycles. The van der Waals surface area contributed by atoms with E-state index in [0.717, 1.165) is 24.7 Å². The first-order valence-electron chi connectivity index (χ1n) is 12.0.